The van der Waals surface area contributed by atoms with Crippen LogP contribution in [0.5, 0.6) is 0 Å². The lowest BCUT2D eigenvalue weighted by Gasteiger charge is -2.25. The topological polar surface area (TPSA) is 127 Å². The third kappa shape index (κ3) is 4.64. The molecule has 2 N–H and O–H groups in total. The molecule has 1 aliphatic carbocycles. The maximum absolute atomic E-state index is 13.9. The van der Waals surface area contributed by atoms with Crippen LogP contribution in [0.4, 0.5) is 5.69 Å². The second kappa shape index (κ2) is 10.9. The number of fused-ring (bicyclic) bond motifs is 1. The van der Waals surface area contributed by atoms with Crippen LogP contribution in [-0.2, 0) is 14.3 Å². The summed E-state index contributed by atoms with van der Waals surface area (Å²) in [5.41, 5.74) is -1.03. The minimum absolute atomic E-state index is 0.0198. The van der Waals surface area contributed by atoms with Crippen molar-refractivity contribution in [3.63, 3.8) is 0 Å². The minimum atomic E-state index is -2.47. The van der Waals surface area contributed by atoms with Gasteiger partial charge in [0.05, 0.1) is 22.1 Å². The number of amides is 1. The van der Waals surface area contributed by atoms with Crippen molar-refractivity contribution in [2.75, 3.05) is 5.32 Å². The molecule has 0 unspecified atom stereocenters. The Labute approximate surface area is 255 Å². The number of rotatable bonds is 6. The Morgan fingerprint density at radius 2 is 1.33 bits per heavy atom. The highest BCUT2D eigenvalue weighted by atomic mass is 35.5. The van der Waals surface area contributed by atoms with Gasteiger partial charge in [-0.2, -0.15) is 0 Å². The average Bonchev–Trinajstić information content (AvgIpc) is 3.49. The van der Waals surface area contributed by atoms with Gasteiger partial charge in [0, 0.05) is 27.9 Å². The van der Waals surface area contributed by atoms with E-state index in [0.717, 1.165) is 0 Å². The second-order valence-electron chi connectivity index (χ2n) is 10.3. The fourth-order valence-corrected chi connectivity index (χ4v) is 6.12. The number of carboxylic acid groups (broad SMARTS) is 1. The van der Waals surface area contributed by atoms with Crippen LogP contribution >= 0.6 is 23.2 Å². The standard InChI is InChI=1S/C33H21Cl2NO7/c34-23-15-12-19(16-24(23)35)28-25(26(32(41)42)33(43-28)29(38)21-8-4-5-9-22(21)30(33)39)31(40)36-20-13-10-18(11-14-20)27(37)17-6-2-1-3-7-17/h1-16,25-26,28H,(H,36,40)(H,41,42)/t25-,26-,28-/m1/s1. The predicted octanol–water partition coefficient (Wildman–Crippen LogP) is 6.07. The lowest BCUT2D eigenvalue weighted by molar-refractivity contribution is -0.147. The van der Waals surface area contributed by atoms with Crippen LogP contribution in [0.15, 0.2) is 97.1 Å². The monoisotopic (exact) mass is 613 g/mol. The van der Waals surface area contributed by atoms with E-state index in [2.05, 4.69) is 5.32 Å². The first-order valence-corrected chi connectivity index (χ1v) is 13.9. The van der Waals surface area contributed by atoms with Gasteiger partial charge in [0.2, 0.25) is 23.1 Å². The summed E-state index contributed by atoms with van der Waals surface area (Å²) in [5.74, 6) is -7.65. The number of nitrogens with one attached hydrogen (secondary N) is 1. The van der Waals surface area contributed by atoms with Crippen LogP contribution in [0, 0.1) is 11.8 Å². The largest absolute Gasteiger partial charge is 0.481 e. The Hall–Kier alpha value is -4.63. The zero-order chi connectivity index (χ0) is 30.5. The highest BCUT2D eigenvalue weighted by Crippen LogP contribution is 2.54. The van der Waals surface area contributed by atoms with E-state index in [0.29, 0.717) is 11.1 Å². The molecule has 0 aromatic heterocycles. The summed E-state index contributed by atoms with van der Waals surface area (Å²) in [4.78, 5) is 67.1. The molecule has 1 fully saturated rings. The number of carboxylic acids is 1. The van der Waals surface area contributed by atoms with Gasteiger partial charge < -0.3 is 15.2 Å². The molecular formula is C33H21Cl2NO7. The van der Waals surface area contributed by atoms with Crippen molar-refractivity contribution in [3.05, 3.63) is 135 Å². The fraction of sp³-hybridized carbons (Fsp3) is 0.121. The summed E-state index contributed by atoms with van der Waals surface area (Å²) in [7, 11) is 0. The van der Waals surface area contributed by atoms with Crippen LogP contribution < -0.4 is 5.32 Å². The number of benzene rings is 4. The average molecular weight is 614 g/mol. The maximum atomic E-state index is 13.9. The SMILES string of the molecule is O=C(c1ccccc1)c1ccc(NC(=O)[C@H]2[C@@H](c3ccc(Cl)c(Cl)c3)OC3(C(=O)c4ccccc4C3=O)[C@H]2C(=O)O)cc1. The molecule has 1 aliphatic heterocycles. The second-order valence-corrected chi connectivity index (χ2v) is 11.1. The molecule has 4 aromatic carbocycles. The van der Waals surface area contributed by atoms with Crippen LogP contribution in [0.25, 0.3) is 0 Å². The van der Waals surface area contributed by atoms with Crippen LogP contribution in [-0.4, -0.2) is 39.9 Å². The molecule has 8 nitrogen and oxygen atoms in total. The quantitative estimate of drug-likeness (QED) is 0.199. The highest BCUT2D eigenvalue weighted by molar-refractivity contribution is 6.42. The molecule has 4 aromatic rings. The van der Waals surface area contributed by atoms with Crippen molar-refractivity contribution >= 4 is 58.1 Å². The zero-order valence-electron chi connectivity index (χ0n) is 22.1. The normalized spacial score (nSPS) is 20.2. The molecule has 3 atom stereocenters. The Balaban J connectivity index is 1.39. The van der Waals surface area contributed by atoms with E-state index in [1.165, 1.54) is 54.6 Å². The number of carbonyl (C=O) groups is 5. The zero-order valence-corrected chi connectivity index (χ0v) is 23.6. The smallest absolute Gasteiger partial charge is 0.311 e. The molecule has 214 valence electrons. The Morgan fingerprint density at radius 3 is 1.91 bits per heavy atom. The van der Waals surface area contributed by atoms with Gasteiger partial charge in [-0.25, -0.2) is 0 Å². The van der Waals surface area contributed by atoms with Crippen molar-refractivity contribution in [2.45, 2.75) is 11.7 Å². The number of ether oxygens (including phenoxy) is 1. The van der Waals surface area contributed by atoms with E-state index < -0.39 is 47.0 Å². The Kier molecular flexibility index (Phi) is 7.22. The number of anilines is 1. The van der Waals surface area contributed by atoms with Crippen molar-refractivity contribution in [3.8, 4) is 0 Å². The third-order valence-corrected chi connectivity index (χ3v) is 8.56. The lowest BCUT2D eigenvalue weighted by Crippen LogP contribution is -2.52. The molecule has 0 radical (unpaired) electrons. The number of halogens is 2. The van der Waals surface area contributed by atoms with E-state index in [4.69, 9.17) is 27.9 Å². The molecule has 1 spiro atoms. The number of hydrogen-bond donors (Lipinski definition) is 2. The van der Waals surface area contributed by atoms with E-state index in [-0.39, 0.29) is 38.2 Å². The van der Waals surface area contributed by atoms with Gasteiger partial charge in [0.15, 0.2) is 5.78 Å². The molecule has 1 saturated heterocycles. The first-order chi connectivity index (χ1) is 20.6. The van der Waals surface area contributed by atoms with Crippen LogP contribution in [0.1, 0.15) is 48.3 Å². The molecular weight excluding hydrogens is 593 g/mol. The van der Waals surface area contributed by atoms with Gasteiger partial charge in [-0.15, -0.1) is 0 Å². The molecule has 6 rings (SSSR count). The summed E-state index contributed by atoms with van der Waals surface area (Å²) < 4.78 is 6.16. The maximum Gasteiger partial charge on any atom is 0.311 e. The number of aliphatic carboxylic acids is 1. The lowest BCUT2D eigenvalue weighted by atomic mass is 9.75. The molecule has 0 bridgehead atoms. The first kappa shape index (κ1) is 28.5. The Morgan fingerprint density at radius 1 is 0.744 bits per heavy atom. The third-order valence-electron chi connectivity index (χ3n) is 7.82. The Bertz CT molecular complexity index is 1790. The van der Waals surface area contributed by atoms with Crippen LogP contribution in [0.2, 0.25) is 10.0 Å². The minimum Gasteiger partial charge on any atom is -0.481 e. The summed E-state index contributed by atoms with van der Waals surface area (Å²) >= 11 is 12.3. The van der Waals surface area contributed by atoms with Crippen molar-refractivity contribution in [1.82, 2.24) is 0 Å². The highest BCUT2D eigenvalue weighted by Gasteiger charge is 2.71. The van der Waals surface area contributed by atoms with Crippen molar-refractivity contribution in [2.24, 2.45) is 11.8 Å². The van der Waals surface area contributed by atoms with Crippen LogP contribution in [0.3, 0.4) is 0 Å². The molecule has 2 aliphatic rings. The predicted molar refractivity (Wildman–Crippen MR) is 158 cm³/mol. The molecule has 43 heavy (non-hydrogen) atoms. The number of hydrogen-bond acceptors (Lipinski definition) is 6. The van der Waals surface area contributed by atoms with E-state index >= 15 is 0 Å². The summed E-state index contributed by atoms with van der Waals surface area (Å²) in [6.07, 6.45) is -1.35. The van der Waals surface area contributed by atoms with E-state index in [1.807, 2.05) is 0 Å². The molecule has 1 amide bonds. The number of ketones is 3. The summed E-state index contributed by atoms with van der Waals surface area (Å²) in [6.45, 7) is 0. The number of Topliss-reactive ketones (excluding diaryl/α,β-unsaturated/α-hetero) is 2. The molecule has 0 saturated carbocycles. The summed E-state index contributed by atoms with van der Waals surface area (Å²) in [6, 6.07) is 25.1. The van der Waals surface area contributed by atoms with Gasteiger partial charge in [0.1, 0.15) is 5.92 Å². The van der Waals surface area contributed by atoms with Gasteiger partial charge in [0.25, 0.3) is 0 Å². The fourth-order valence-electron chi connectivity index (χ4n) is 5.81. The first-order valence-electron chi connectivity index (χ1n) is 13.2. The van der Waals surface area contributed by atoms with Gasteiger partial charge in [-0.1, -0.05) is 83.9 Å². The van der Waals surface area contributed by atoms with E-state index in [9.17, 15) is 29.1 Å². The van der Waals surface area contributed by atoms with E-state index in [1.54, 1.807) is 42.5 Å². The van der Waals surface area contributed by atoms with Gasteiger partial charge >= 0.3 is 5.97 Å². The van der Waals surface area contributed by atoms with Gasteiger partial charge in [-0.05, 0) is 42.0 Å². The molecule has 10 heteroatoms. The number of carbonyl (C=O) groups excluding carboxylic acids is 4. The van der Waals surface area contributed by atoms with Crippen molar-refractivity contribution in [1.29, 1.82) is 0 Å². The van der Waals surface area contributed by atoms with Crippen molar-refractivity contribution < 1.29 is 33.8 Å². The summed E-state index contributed by atoms with van der Waals surface area (Å²) in [5, 5.41) is 13.5. The van der Waals surface area contributed by atoms with Gasteiger partial charge in [-0.3, -0.25) is 24.0 Å². The molecule has 1 heterocycles.